The second-order valence-electron chi connectivity index (χ2n) is 4.07. The molecule has 0 aliphatic heterocycles. The third-order valence-electron chi connectivity index (χ3n) is 2.38. The Morgan fingerprint density at radius 2 is 0.952 bits per heavy atom. The minimum atomic E-state index is -1.04. The number of carboxylic acids is 2. The van der Waals surface area contributed by atoms with E-state index in [2.05, 4.69) is 0 Å². The van der Waals surface area contributed by atoms with Crippen LogP contribution in [0.25, 0.3) is 0 Å². The van der Waals surface area contributed by atoms with Gasteiger partial charge in [0.15, 0.2) is 0 Å². The van der Waals surface area contributed by atoms with Crippen molar-refractivity contribution in [3.63, 3.8) is 0 Å². The van der Waals surface area contributed by atoms with E-state index < -0.39 is 11.9 Å². The maximum atomic E-state index is 10.1. The van der Waals surface area contributed by atoms with Crippen LogP contribution in [-0.2, 0) is 39.5 Å². The molecular formula is C16H14MnO4. The third kappa shape index (κ3) is 9.43. The van der Waals surface area contributed by atoms with Crippen molar-refractivity contribution >= 4 is 11.9 Å². The van der Waals surface area contributed by atoms with Crippen LogP contribution in [0.5, 0.6) is 0 Å². The van der Waals surface area contributed by atoms with E-state index >= 15 is 0 Å². The summed E-state index contributed by atoms with van der Waals surface area (Å²) in [5.41, 5.74) is 1.56. The van der Waals surface area contributed by atoms with Gasteiger partial charge in [0.25, 0.3) is 0 Å². The first kappa shape index (κ1) is 18.9. The predicted octanol–water partition coefficient (Wildman–Crippen LogP) is -0.0445. The fourth-order valence-corrected chi connectivity index (χ4v) is 1.53. The monoisotopic (exact) mass is 325 g/mol. The average molecular weight is 325 g/mol. The van der Waals surface area contributed by atoms with Crippen LogP contribution in [0.4, 0.5) is 0 Å². The molecule has 0 amide bonds. The molecule has 2 aromatic carbocycles. The van der Waals surface area contributed by atoms with Crippen LogP contribution >= 0.6 is 0 Å². The van der Waals surface area contributed by atoms with E-state index in [1.54, 1.807) is 48.5 Å². The van der Waals surface area contributed by atoms with Gasteiger partial charge in [0.1, 0.15) is 0 Å². The SMILES string of the molecule is O=C([O-])Cc1ccccc1.O=C([O-])Cc1ccccc1.[Mn+2]. The number of hydrogen-bond acceptors (Lipinski definition) is 4. The van der Waals surface area contributed by atoms with E-state index in [-0.39, 0.29) is 29.9 Å². The van der Waals surface area contributed by atoms with E-state index in [9.17, 15) is 19.8 Å². The fourth-order valence-electron chi connectivity index (χ4n) is 1.53. The van der Waals surface area contributed by atoms with Gasteiger partial charge in [-0.25, -0.2) is 0 Å². The molecule has 0 bridgehead atoms. The molecule has 21 heavy (non-hydrogen) atoms. The van der Waals surface area contributed by atoms with Gasteiger partial charge >= 0.3 is 17.1 Å². The molecule has 5 heteroatoms. The average Bonchev–Trinajstić information content (AvgIpc) is 2.40. The zero-order valence-corrected chi connectivity index (χ0v) is 12.4. The second kappa shape index (κ2) is 10.7. The first-order valence-corrected chi connectivity index (χ1v) is 6.05. The van der Waals surface area contributed by atoms with E-state index in [1.807, 2.05) is 12.1 Å². The predicted molar refractivity (Wildman–Crippen MR) is 70.3 cm³/mol. The van der Waals surface area contributed by atoms with Crippen molar-refractivity contribution in [3.8, 4) is 0 Å². The van der Waals surface area contributed by atoms with Gasteiger partial charge in [-0.2, -0.15) is 0 Å². The van der Waals surface area contributed by atoms with Crippen LogP contribution in [0.15, 0.2) is 60.7 Å². The van der Waals surface area contributed by atoms with Crippen molar-refractivity contribution in [1.82, 2.24) is 0 Å². The minimum absolute atomic E-state index is 0. The van der Waals surface area contributed by atoms with Crippen LogP contribution in [0, 0.1) is 0 Å². The molecule has 2 aromatic rings. The smallest absolute Gasteiger partial charge is 0.550 e. The van der Waals surface area contributed by atoms with Crippen molar-refractivity contribution < 1.29 is 36.9 Å². The molecule has 0 spiro atoms. The fraction of sp³-hybridized carbons (Fsp3) is 0.125. The molecular weight excluding hydrogens is 311 g/mol. The Morgan fingerprint density at radius 3 is 1.19 bits per heavy atom. The molecule has 0 aliphatic carbocycles. The van der Waals surface area contributed by atoms with E-state index in [0.717, 1.165) is 11.1 Å². The number of carboxylic acid groups (broad SMARTS) is 2. The zero-order chi connectivity index (χ0) is 14.8. The quantitative estimate of drug-likeness (QED) is 0.739. The number of carbonyl (C=O) groups is 2. The van der Waals surface area contributed by atoms with Crippen molar-refractivity contribution in [1.29, 1.82) is 0 Å². The van der Waals surface area contributed by atoms with Crippen molar-refractivity contribution in [2.45, 2.75) is 12.8 Å². The van der Waals surface area contributed by atoms with Crippen LogP contribution in [-0.4, -0.2) is 11.9 Å². The Bertz CT molecular complexity index is 489. The van der Waals surface area contributed by atoms with Gasteiger partial charge in [-0.1, -0.05) is 60.7 Å². The summed E-state index contributed by atoms with van der Waals surface area (Å²) >= 11 is 0. The molecule has 0 fully saturated rings. The first-order valence-electron chi connectivity index (χ1n) is 6.05. The maximum absolute atomic E-state index is 10.1. The number of aliphatic carboxylic acids is 2. The summed E-state index contributed by atoms with van der Waals surface area (Å²) in [6.45, 7) is 0. The molecule has 0 saturated carbocycles. The Morgan fingerprint density at radius 1 is 0.667 bits per heavy atom. The Hall–Kier alpha value is -2.10. The minimum Gasteiger partial charge on any atom is -0.550 e. The van der Waals surface area contributed by atoms with Crippen LogP contribution in [0.2, 0.25) is 0 Å². The van der Waals surface area contributed by atoms with Gasteiger partial charge in [-0.05, 0) is 11.1 Å². The summed E-state index contributed by atoms with van der Waals surface area (Å²) in [7, 11) is 0. The largest absolute Gasteiger partial charge is 2.00 e. The summed E-state index contributed by atoms with van der Waals surface area (Å²) in [4.78, 5) is 20.1. The molecule has 0 unspecified atom stereocenters. The first-order chi connectivity index (χ1) is 9.58. The summed E-state index contributed by atoms with van der Waals surface area (Å²) in [5, 5.41) is 20.1. The van der Waals surface area contributed by atoms with Gasteiger partial charge < -0.3 is 19.8 Å². The molecule has 4 nitrogen and oxygen atoms in total. The Balaban J connectivity index is 0.000000364. The van der Waals surface area contributed by atoms with Gasteiger partial charge in [0, 0.05) is 24.8 Å². The normalized spacial score (nSPS) is 8.76. The van der Waals surface area contributed by atoms with Gasteiger partial charge in [-0.3, -0.25) is 0 Å². The standard InChI is InChI=1S/2C8H8O2.Mn/c2*9-8(10)6-7-4-2-1-3-5-7;/h2*1-5H,6H2,(H,9,10);/q;;+2/p-2. The molecule has 0 atom stereocenters. The summed E-state index contributed by atoms with van der Waals surface area (Å²) < 4.78 is 0. The van der Waals surface area contributed by atoms with E-state index in [0.29, 0.717) is 0 Å². The summed E-state index contributed by atoms with van der Waals surface area (Å²) in [5.74, 6) is -2.07. The third-order valence-corrected chi connectivity index (χ3v) is 2.38. The molecule has 109 valence electrons. The van der Waals surface area contributed by atoms with Crippen molar-refractivity contribution in [2.24, 2.45) is 0 Å². The molecule has 1 radical (unpaired) electrons. The molecule has 0 aliphatic rings. The molecule has 2 rings (SSSR count). The van der Waals surface area contributed by atoms with Crippen molar-refractivity contribution in [2.75, 3.05) is 0 Å². The maximum Gasteiger partial charge on any atom is 2.00 e. The van der Waals surface area contributed by atoms with Crippen LogP contribution in [0.1, 0.15) is 11.1 Å². The van der Waals surface area contributed by atoms with Crippen LogP contribution < -0.4 is 10.2 Å². The zero-order valence-electron chi connectivity index (χ0n) is 11.2. The molecule has 0 aromatic heterocycles. The number of benzene rings is 2. The summed E-state index contributed by atoms with van der Waals surface area (Å²) in [6.07, 6.45) is 0.00167. The molecule has 0 saturated heterocycles. The molecule has 0 N–H and O–H groups in total. The second-order valence-corrected chi connectivity index (χ2v) is 4.07. The van der Waals surface area contributed by atoms with Crippen LogP contribution in [0.3, 0.4) is 0 Å². The Kier molecular flexibility index (Phi) is 9.59. The number of rotatable bonds is 4. The van der Waals surface area contributed by atoms with Gasteiger partial charge in [0.2, 0.25) is 0 Å². The van der Waals surface area contributed by atoms with Gasteiger partial charge in [-0.15, -0.1) is 0 Å². The number of hydrogen-bond donors (Lipinski definition) is 0. The van der Waals surface area contributed by atoms with Crippen molar-refractivity contribution in [3.05, 3.63) is 71.8 Å². The Labute approximate surface area is 133 Å². The van der Waals surface area contributed by atoms with E-state index in [4.69, 9.17) is 0 Å². The van der Waals surface area contributed by atoms with E-state index in [1.165, 1.54) is 0 Å². The topological polar surface area (TPSA) is 80.3 Å². The summed E-state index contributed by atoms with van der Waals surface area (Å²) in [6, 6.07) is 17.9. The number of carbonyl (C=O) groups excluding carboxylic acids is 2. The molecule has 0 heterocycles. The van der Waals surface area contributed by atoms with Gasteiger partial charge in [0.05, 0.1) is 0 Å².